The molecule has 0 radical (unpaired) electrons. The predicted molar refractivity (Wildman–Crippen MR) is 84.7 cm³/mol. The smallest absolute Gasteiger partial charge is 0.271 e. The normalized spacial score (nSPS) is 10.6. The van der Waals surface area contributed by atoms with Crippen LogP contribution >= 0.6 is 0 Å². The lowest BCUT2D eigenvalue weighted by molar-refractivity contribution is -0.384. The maximum Gasteiger partial charge on any atom is 0.271 e. The maximum absolute atomic E-state index is 12.0. The number of hydrogen-bond acceptors (Lipinski definition) is 4. The Morgan fingerprint density at radius 2 is 2.00 bits per heavy atom. The zero-order valence-electron chi connectivity index (χ0n) is 12.2. The number of imidazole rings is 1. The Balaban J connectivity index is 1.70. The fourth-order valence-electron chi connectivity index (χ4n) is 2.30. The minimum Gasteiger partial charge on any atom is -0.338 e. The van der Waals surface area contributed by atoms with Crippen molar-refractivity contribution in [3.05, 3.63) is 70.5 Å². The molecule has 1 aromatic heterocycles. The first-order valence-corrected chi connectivity index (χ1v) is 7.03. The Morgan fingerprint density at radius 1 is 1.22 bits per heavy atom. The second kappa shape index (κ2) is 6.27. The Morgan fingerprint density at radius 3 is 2.74 bits per heavy atom. The van der Waals surface area contributed by atoms with Crippen LogP contribution in [0.4, 0.5) is 5.69 Å². The standard InChI is InChI=1S/C16H14N4O3/c21-16(8-12-4-2-1-3-5-12)18-11-19-10-17-14-7-6-13(20(22)23)9-15(14)19/h1-7,9-10H,8,11H2,(H,18,21). The van der Waals surface area contributed by atoms with Crippen molar-refractivity contribution < 1.29 is 9.72 Å². The number of nitrogens with zero attached hydrogens (tertiary/aromatic N) is 3. The molecule has 1 amide bonds. The van der Waals surface area contributed by atoms with Crippen LogP contribution in [-0.2, 0) is 17.9 Å². The Kier molecular flexibility index (Phi) is 4.01. The van der Waals surface area contributed by atoms with Gasteiger partial charge in [-0.2, -0.15) is 0 Å². The second-order valence-corrected chi connectivity index (χ2v) is 5.06. The van der Waals surface area contributed by atoms with Crippen LogP contribution in [0.1, 0.15) is 5.56 Å². The van der Waals surface area contributed by atoms with Gasteiger partial charge >= 0.3 is 0 Å². The zero-order chi connectivity index (χ0) is 16.2. The van der Waals surface area contributed by atoms with E-state index in [4.69, 9.17) is 0 Å². The minimum absolute atomic E-state index is 0.00476. The molecule has 7 heteroatoms. The molecule has 0 bridgehead atoms. The van der Waals surface area contributed by atoms with Crippen molar-refractivity contribution in [2.45, 2.75) is 13.1 Å². The van der Waals surface area contributed by atoms with E-state index in [2.05, 4.69) is 10.3 Å². The van der Waals surface area contributed by atoms with Gasteiger partial charge < -0.3 is 9.88 Å². The van der Waals surface area contributed by atoms with Gasteiger partial charge in [0.1, 0.15) is 0 Å². The van der Waals surface area contributed by atoms with E-state index in [1.807, 2.05) is 30.3 Å². The molecule has 0 aliphatic carbocycles. The quantitative estimate of drug-likeness (QED) is 0.578. The average molecular weight is 310 g/mol. The van der Waals surface area contributed by atoms with E-state index < -0.39 is 4.92 Å². The molecule has 0 aliphatic heterocycles. The van der Waals surface area contributed by atoms with Crippen molar-refractivity contribution in [3.8, 4) is 0 Å². The molecule has 1 N–H and O–H groups in total. The summed E-state index contributed by atoms with van der Waals surface area (Å²) in [6.07, 6.45) is 1.84. The lowest BCUT2D eigenvalue weighted by Gasteiger charge is -2.07. The molecule has 2 aromatic carbocycles. The molecule has 116 valence electrons. The highest BCUT2D eigenvalue weighted by molar-refractivity contribution is 5.80. The Labute approximate surface area is 131 Å². The molecule has 3 aromatic rings. The van der Waals surface area contributed by atoms with Gasteiger partial charge in [0.15, 0.2) is 0 Å². The van der Waals surface area contributed by atoms with E-state index in [0.29, 0.717) is 11.0 Å². The molecule has 1 heterocycles. The summed E-state index contributed by atoms with van der Waals surface area (Å²) < 4.78 is 1.67. The third-order valence-corrected chi connectivity index (χ3v) is 3.47. The summed E-state index contributed by atoms with van der Waals surface area (Å²) in [6, 6.07) is 13.9. The monoisotopic (exact) mass is 310 g/mol. The molecule has 3 rings (SSSR count). The number of non-ortho nitro benzene ring substituents is 1. The number of amides is 1. The van der Waals surface area contributed by atoms with Crippen LogP contribution in [0.2, 0.25) is 0 Å². The summed E-state index contributed by atoms with van der Waals surface area (Å²) in [5.74, 6) is -0.122. The lowest BCUT2D eigenvalue weighted by Crippen LogP contribution is -2.27. The van der Waals surface area contributed by atoms with Gasteiger partial charge in [-0.25, -0.2) is 4.98 Å². The molecular formula is C16H14N4O3. The van der Waals surface area contributed by atoms with Gasteiger partial charge in [-0.1, -0.05) is 30.3 Å². The summed E-state index contributed by atoms with van der Waals surface area (Å²) in [6.45, 7) is 0.212. The maximum atomic E-state index is 12.0. The number of rotatable bonds is 5. The first-order valence-electron chi connectivity index (χ1n) is 7.03. The summed E-state index contributed by atoms with van der Waals surface area (Å²) in [5.41, 5.74) is 2.18. The number of benzene rings is 2. The van der Waals surface area contributed by atoms with Gasteiger partial charge in [0.2, 0.25) is 5.91 Å². The summed E-state index contributed by atoms with van der Waals surface area (Å²) in [4.78, 5) is 26.5. The second-order valence-electron chi connectivity index (χ2n) is 5.06. The van der Waals surface area contributed by atoms with Crippen molar-refractivity contribution in [1.82, 2.24) is 14.9 Å². The van der Waals surface area contributed by atoms with Gasteiger partial charge in [-0.3, -0.25) is 14.9 Å². The molecule has 0 atom stereocenters. The first kappa shape index (κ1) is 14.7. The molecule has 0 aliphatic rings. The van der Waals surface area contributed by atoms with Crippen LogP contribution in [0.25, 0.3) is 11.0 Å². The summed E-state index contributed by atoms with van der Waals surface area (Å²) in [5, 5.41) is 13.6. The SMILES string of the molecule is O=C(Cc1ccccc1)NCn1cnc2ccc([N+](=O)[O-])cc21. The Hall–Kier alpha value is -3.22. The van der Waals surface area contributed by atoms with Gasteiger partial charge in [-0.15, -0.1) is 0 Å². The van der Waals surface area contributed by atoms with E-state index >= 15 is 0 Å². The summed E-state index contributed by atoms with van der Waals surface area (Å²) >= 11 is 0. The van der Waals surface area contributed by atoms with Crippen LogP contribution in [0.3, 0.4) is 0 Å². The number of nitro groups is 1. The van der Waals surface area contributed by atoms with Crippen molar-refractivity contribution in [2.75, 3.05) is 0 Å². The van der Waals surface area contributed by atoms with Gasteiger partial charge in [0, 0.05) is 12.1 Å². The van der Waals surface area contributed by atoms with Crippen molar-refractivity contribution >= 4 is 22.6 Å². The summed E-state index contributed by atoms with van der Waals surface area (Å²) in [7, 11) is 0. The van der Waals surface area contributed by atoms with Crippen LogP contribution in [0, 0.1) is 10.1 Å². The molecular weight excluding hydrogens is 296 g/mol. The Bertz CT molecular complexity index is 858. The number of nitrogens with one attached hydrogen (secondary N) is 1. The fourth-order valence-corrected chi connectivity index (χ4v) is 2.30. The third-order valence-electron chi connectivity index (χ3n) is 3.47. The van der Waals surface area contributed by atoms with E-state index in [9.17, 15) is 14.9 Å². The molecule has 0 unspecified atom stereocenters. The highest BCUT2D eigenvalue weighted by Gasteiger charge is 2.10. The van der Waals surface area contributed by atoms with Crippen molar-refractivity contribution in [1.29, 1.82) is 0 Å². The molecule has 7 nitrogen and oxygen atoms in total. The molecule has 0 saturated carbocycles. The molecule has 0 saturated heterocycles. The minimum atomic E-state index is -0.454. The van der Waals surface area contributed by atoms with E-state index in [1.54, 1.807) is 17.0 Å². The van der Waals surface area contributed by atoms with Crippen molar-refractivity contribution in [3.63, 3.8) is 0 Å². The van der Waals surface area contributed by atoms with E-state index in [1.165, 1.54) is 12.1 Å². The zero-order valence-corrected chi connectivity index (χ0v) is 12.2. The number of carbonyl (C=O) groups is 1. The van der Waals surface area contributed by atoms with E-state index in [0.717, 1.165) is 5.56 Å². The number of nitro benzene ring substituents is 1. The number of carbonyl (C=O) groups excluding carboxylic acids is 1. The van der Waals surface area contributed by atoms with Gasteiger partial charge in [0.25, 0.3) is 5.69 Å². The van der Waals surface area contributed by atoms with Crippen LogP contribution in [0.15, 0.2) is 54.9 Å². The fraction of sp³-hybridized carbons (Fsp3) is 0.125. The highest BCUT2D eigenvalue weighted by Crippen LogP contribution is 2.19. The third kappa shape index (κ3) is 3.34. The van der Waals surface area contributed by atoms with Gasteiger partial charge in [0.05, 0.1) is 35.4 Å². The highest BCUT2D eigenvalue weighted by atomic mass is 16.6. The van der Waals surface area contributed by atoms with E-state index in [-0.39, 0.29) is 24.7 Å². The number of hydrogen-bond donors (Lipinski definition) is 1. The van der Waals surface area contributed by atoms with Crippen molar-refractivity contribution in [2.24, 2.45) is 0 Å². The topological polar surface area (TPSA) is 90.1 Å². The van der Waals surface area contributed by atoms with Gasteiger partial charge in [-0.05, 0) is 11.6 Å². The predicted octanol–water partition coefficient (Wildman–Crippen LogP) is 2.26. The van der Waals surface area contributed by atoms with Crippen LogP contribution in [0.5, 0.6) is 0 Å². The number of aromatic nitrogens is 2. The molecule has 0 fully saturated rings. The number of fused-ring (bicyclic) bond motifs is 1. The molecule has 0 spiro atoms. The average Bonchev–Trinajstić information content (AvgIpc) is 2.96. The van der Waals surface area contributed by atoms with Crippen LogP contribution < -0.4 is 5.32 Å². The lowest BCUT2D eigenvalue weighted by atomic mass is 10.1. The first-order chi connectivity index (χ1) is 11.1. The van der Waals surface area contributed by atoms with Crippen LogP contribution in [-0.4, -0.2) is 20.4 Å². The largest absolute Gasteiger partial charge is 0.338 e. The molecule has 23 heavy (non-hydrogen) atoms.